The summed E-state index contributed by atoms with van der Waals surface area (Å²) in [7, 11) is 0. The van der Waals surface area contributed by atoms with Gasteiger partial charge in [-0.2, -0.15) is 0 Å². The van der Waals surface area contributed by atoms with Crippen molar-refractivity contribution in [2.24, 2.45) is 5.73 Å². The van der Waals surface area contributed by atoms with Gasteiger partial charge in [-0.05, 0) is 41.5 Å². The van der Waals surface area contributed by atoms with Crippen LogP contribution in [0, 0.1) is 0 Å². The first-order chi connectivity index (χ1) is 9.82. The zero-order valence-electron chi connectivity index (χ0n) is 13.9. The Kier molecular flexibility index (Phi) is 5.02. The molecule has 0 aliphatic rings. The van der Waals surface area contributed by atoms with Crippen LogP contribution < -0.4 is 26.6 Å². The summed E-state index contributed by atoms with van der Waals surface area (Å²) in [5.74, 6) is -0.606. The molecule has 1 aromatic rings. The highest BCUT2D eigenvalue weighted by Crippen LogP contribution is 2.22. The maximum absolute atomic E-state index is 11.7. The highest BCUT2D eigenvalue weighted by Gasteiger charge is 2.28. The molecular weight excluding hydrogens is 288 g/mol. The largest absolute Gasteiger partial charge is 0.482 e. The third kappa shape index (κ3) is 4.84. The standard InChI is InChI=1S/C15H24N2O5/c1-14(2,3)21-12-9(10(18)11(12)19)17-7-8(16)13(20)22-15(4,5)6/h8,17H,7,16H2,1-6H3. The second-order valence-electron chi connectivity index (χ2n) is 7.10. The minimum Gasteiger partial charge on any atom is -0.482 e. The van der Waals surface area contributed by atoms with Crippen molar-refractivity contribution >= 4 is 11.7 Å². The van der Waals surface area contributed by atoms with Gasteiger partial charge in [0.05, 0.1) is 0 Å². The van der Waals surface area contributed by atoms with Crippen molar-refractivity contribution in [3.05, 3.63) is 20.4 Å². The molecule has 1 rings (SSSR count). The molecule has 0 aliphatic heterocycles. The average molecular weight is 312 g/mol. The Morgan fingerprint density at radius 2 is 1.64 bits per heavy atom. The second kappa shape index (κ2) is 6.08. The van der Waals surface area contributed by atoms with Crippen molar-refractivity contribution in [1.29, 1.82) is 0 Å². The minimum absolute atomic E-state index is 0.0195. The Morgan fingerprint density at radius 1 is 1.09 bits per heavy atom. The third-order valence-corrected chi connectivity index (χ3v) is 2.48. The summed E-state index contributed by atoms with van der Waals surface area (Å²) in [6, 6.07) is -0.953. The molecule has 0 fully saturated rings. The zero-order valence-corrected chi connectivity index (χ0v) is 13.9. The summed E-state index contributed by atoms with van der Waals surface area (Å²) >= 11 is 0. The molecule has 1 atom stereocenters. The van der Waals surface area contributed by atoms with Crippen LogP contribution in [0.25, 0.3) is 0 Å². The Labute approximate surface area is 129 Å². The number of ether oxygens (including phenoxy) is 2. The monoisotopic (exact) mass is 312 g/mol. The van der Waals surface area contributed by atoms with E-state index in [9.17, 15) is 14.4 Å². The Morgan fingerprint density at radius 3 is 2.09 bits per heavy atom. The van der Waals surface area contributed by atoms with Crippen LogP contribution in [0.1, 0.15) is 41.5 Å². The smallest absolute Gasteiger partial charge is 0.325 e. The van der Waals surface area contributed by atoms with Gasteiger partial charge in [-0.15, -0.1) is 0 Å². The maximum Gasteiger partial charge on any atom is 0.325 e. The van der Waals surface area contributed by atoms with E-state index in [1.54, 1.807) is 41.5 Å². The summed E-state index contributed by atoms with van der Waals surface area (Å²) in [6.45, 7) is 10.5. The van der Waals surface area contributed by atoms with Crippen molar-refractivity contribution in [2.45, 2.75) is 58.8 Å². The predicted molar refractivity (Wildman–Crippen MR) is 84.0 cm³/mol. The summed E-state index contributed by atoms with van der Waals surface area (Å²) in [5, 5.41) is 2.70. The molecule has 0 saturated heterocycles. The van der Waals surface area contributed by atoms with Gasteiger partial charge in [0.1, 0.15) is 22.9 Å². The fourth-order valence-electron chi connectivity index (χ4n) is 1.61. The lowest BCUT2D eigenvalue weighted by Gasteiger charge is -2.25. The van der Waals surface area contributed by atoms with Crippen LogP contribution in [-0.2, 0) is 9.53 Å². The second-order valence-corrected chi connectivity index (χ2v) is 7.10. The van der Waals surface area contributed by atoms with E-state index in [0.717, 1.165) is 0 Å². The van der Waals surface area contributed by atoms with Crippen LogP contribution in [0.3, 0.4) is 0 Å². The summed E-state index contributed by atoms with van der Waals surface area (Å²) in [5.41, 5.74) is 3.17. The van der Waals surface area contributed by atoms with E-state index in [-0.39, 0.29) is 18.0 Å². The molecule has 0 aliphatic carbocycles. The van der Waals surface area contributed by atoms with Crippen LogP contribution in [0.2, 0.25) is 0 Å². The summed E-state index contributed by atoms with van der Waals surface area (Å²) in [6.07, 6.45) is 0. The number of rotatable bonds is 5. The van der Waals surface area contributed by atoms with Crippen molar-refractivity contribution in [3.63, 3.8) is 0 Å². The van der Waals surface area contributed by atoms with Crippen LogP contribution >= 0.6 is 0 Å². The van der Waals surface area contributed by atoms with Gasteiger partial charge in [-0.3, -0.25) is 14.4 Å². The van der Waals surface area contributed by atoms with E-state index >= 15 is 0 Å². The summed E-state index contributed by atoms with van der Waals surface area (Å²) < 4.78 is 10.6. The number of carbonyl (C=O) groups is 1. The van der Waals surface area contributed by atoms with Gasteiger partial charge >= 0.3 is 5.97 Å². The molecule has 124 valence electrons. The van der Waals surface area contributed by atoms with Crippen molar-refractivity contribution in [1.82, 2.24) is 0 Å². The zero-order chi connectivity index (χ0) is 17.3. The molecule has 0 spiro atoms. The topological polar surface area (TPSA) is 108 Å². The number of nitrogens with two attached hydrogens (primary N) is 1. The molecule has 22 heavy (non-hydrogen) atoms. The Balaban J connectivity index is 2.70. The first kappa shape index (κ1) is 18.2. The van der Waals surface area contributed by atoms with E-state index in [1.165, 1.54) is 0 Å². The molecule has 0 amide bonds. The molecule has 0 saturated carbocycles. The van der Waals surface area contributed by atoms with Crippen LogP contribution in [0.5, 0.6) is 5.75 Å². The maximum atomic E-state index is 11.7. The molecule has 0 aromatic heterocycles. The predicted octanol–water partition coefficient (Wildman–Crippen LogP) is 0.541. The highest BCUT2D eigenvalue weighted by molar-refractivity contribution is 5.77. The van der Waals surface area contributed by atoms with Gasteiger partial charge in [-0.25, -0.2) is 0 Å². The molecule has 1 aromatic carbocycles. The SMILES string of the molecule is CC(C)(C)OC(=O)C(N)CNc1c(OC(C)(C)C)c(=O)c1=O. The molecular formula is C15H24N2O5. The van der Waals surface area contributed by atoms with Gasteiger partial charge in [0.25, 0.3) is 10.9 Å². The van der Waals surface area contributed by atoms with Gasteiger partial charge in [0.2, 0.25) is 0 Å². The first-order valence-corrected chi connectivity index (χ1v) is 7.06. The number of hydrogen-bond acceptors (Lipinski definition) is 7. The Hall–Kier alpha value is -1.89. The molecule has 0 bridgehead atoms. The van der Waals surface area contributed by atoms with E-state index in [1.807, 2.05) is 0 Å². The number of anilines is 1. The molecule has 3 N–H and O–H groups in total. The molecule has 0 heterocycles. The lowest BCUT2D eigenvalue weighted by atomic mass is 10.1. The van der Waals surface area contributed by atoms with Gasteiger partial charge in [-0.1, -0.05) is 0 Å². The highest BCUT2D eigenvalue weighted by atomic mass is 16.6. The van der Waals surface area contributed by atoms with Crippen molar-refractivity contribution in [3.8, 4) is 5.75 Å². The lowest BCUT2D eigenvalue weighted by molar-refractivity contribution is -0.156. The summed E-state index contributed by atoms with van der Waals surface area (Å²) in [4.78, 5) is 34.8. The molecule has 0 radical (unpaired) electrons. The number of esters is 1. The normalized spacial score (nSPS) is 13.8. The van der Waals surface area contributed by atoms with Gasteiger partial charge in [0.15, 0.2) is 5.75 Å². The first-order valence-electron chi connectivity index (χ1n) is 7.06. The van der Waals surface area contributed by atoms with Crippen molar-refractivity contribution < 1.29 is 14.3 Å². The average Bonchev–Trinajstić information content (AvgIpc) is 2.33. The van der Waals surface area contributed by atoms with Crippen LogP contribution in [0.4, 0.5) is 5.69 Å². The fraction of sp³-hybridized carbons (Fsp3) is 0.667. The molecule has 1 unspecified atom stereocenters. The third-order valence-electron chi connectivity index (χ3n) is 2.48. The van der Waals surface area contributed by atoms with Crippen LogP contribution in [0.15, 0.2) is 9.59 Å². The van der Waals surface area contributed by atoms with E-state index < -0.39 is 34.1 Å². The quantitative estimate of drug-likeness (QED) is 0.603. The lowest BCUT2D eigenvalue weighted by Crippen LogP contribution is -2.45. The fourth-order valence-corrected chi connectivity index (χ4v) is 1.61. The number of hydrogen-bond donors (Lipinski definition) is 2. The number of nitrogens with one attached hydrogen (secondary N) is 1. The van der Waals surface area contributed by atoms with Gasteiger partial charge in [0, 0.05) is 6.54 Å². The van der Waals surface area contributed by atoms with Gasteiger partial charge < -0.3 is 20.5 Å². The van der Waals surface area contributed by atoms with E-state index in [0.29, 0.717) is 0 Å². The van der Waals surface area contributed by atoms with E-state index in [4.69, 9.17) is 15.2 Å². The molecule has 7 nitrogen and oxygen atoms in total. The minimum atomic E-state index is -0.953. The number of carbonyl (C=O) groups excluding carboxylic acids is 1. The Bertz CT molecular complexity index is 615. The van der Waals surface area contributed by atoms with E-state index in [2.05, 4.69) is 5.32 Å². The van der Waals surface area contributed by atoms with Crippen LogP contribution in [-0.4, -0.2) is 29.8 Å². The van der Waals surface area contributed by atoms with Crippen molar-refractivity contribution in [2.75, 3.05) is 11.9 Å². The molecule has 7 heteroatoms.